The molecule has 2 aromatic carbocycles. The Kier molecular flexibility index (Phi) is 6.17. The fraction of sp³-hybridized carbons (Fsp3) is 0.467. The number of nitrogens with zero attached hydrogens (tertiary/aromatic N) is 2. The number of hydrogen-bond acceptors (Lipinski definition) is 3. The van der Waals surface area contributed by atoms with Gasteiger partial charge in [-0.05, 0) is 84.9 Å². The van der Waals surface area contributed by atoms with Crippen molar-refractivity contribution in [2.75, 3.05) is 18.0 Å². The van der Waals surface area contributed by atoms with Crippen LogP contribution in [0.25, 0.3) is 16.5 Å². The van der Waals surface area contributed by atoms with Crippen LogP contribution in [0.5, 0.6) is 0 Å². The normalized spacial score (nSPS) is 19.9. The molecule has 0 amide bonds. The van der Waals surface area contributed by atoms with Crippen molar-refractivity contribution in [3.8, 4) is 0 Å². The van der Waals surface area contributed by atoms with Gasteiger partial charge in [0.15, 0.2) is 0 Å². The van der Waals surface area contributed by atoms with Crippen molar-refractivity contribution >= 4 is 28.4 Å². The van der Waals surface area contributed by atoms with Gasteiger partial charge >= 0.3 is 0 Å². The summed E-state index contributed by atoms with van der Waals surface area (Å²) in [7, 11) is 0. The van der Waals surface area contributed by atoms with E-state index in [2.05, 4.69) is 45.4 Å². The SMILES string of the molecule is O=CC1CCN(c2ccc(C3=C(CC4CCCC4)CCCc4c3ccc3[nH]nc(F)c43)cc2)CC1. The molecule has 6 rings (SSSR count). The highest BCUT2D eigenvalue weighted by Crippen LogP contribution is 2.42. The number of benzene rings is 2. The van der Waals surface area contributed by atoms with Gasteiger partial charge in [0.05, 0.1) is 10.9 Å². The van der Waals surface area contributed by atoms with Crippen LogP contribution in [-0.4, -0.2) is 29.6 Å². The number of nitrogens with one attached hydrogen (secondary N) is 1. The van der Waals surface area contributed by atoms with Crippen LogP contribution < -0.4 is 4.90 Å². The minimum absolute atomic E-state index is 0.205. The molecule has 5 heteroatoms. The van der Waals surface area contributed by atoms with Gasteiger partial charge in [-0.25, -0.2) is 0 Å². The number of carbonyl (C=O) groups is 1. The zero-order valence-corrected chi connectivity index (χ0v) is 20.4. The molecule has 182 valence electrons. The third kappa shape index (κ3) is 4.30. The van der Waals surface area contributed by atoms with Gasteiger partial charge in [0.2, 0.25) is 5.95 Å². The van der Waals surface area contributed by atoms with Gasteiger partial charge in [-0.3, -0.25) is 5.10 Å². The summed E-state index contributed by atoms with van der Waals surface area (Å²) in [4.78, 5) is 13.5. The maximum Gasteiger partial charge on any atom is 0.240 e. The lowest BCUT2D eigenvalue weighted by atomic mass is 9.85. The second-order valence-corrected chi connectivity index (χ2v) is 10.7. The molecule has 0 unspecified atom stereocenters. The zero-order chi connectivity index (χ0) is 23.8. The Bertz CT molecular complexity index is 1240. The predicted molar refractivity (Wildman–Crippen MR) is 139 cm³/mol. The van der Waals surface area contributed by atoms with E-state index in [1.54, 1.807) is 5.57 Å². The summed E-state index contributed by atoms with van der Waals surface area (Å²) >= 11 is 0. The number of aromatic amines is 1. The summed E-state index contributed by atoms with van der Waals surface area (Å²) < 4.78 is 14.7. The Morgan fingerprint density at radius 1 is 0.971 bits per heavy atom. The van der Waals surface area contributed by atoms with Crippen LogP contribution in [0.1, 0.15) is 74.5 Å². The number of aldehydes is 1. The molecule has 1 aliphatic heterocycles. The van der Waals surface area contributed by atoms with Crippen molar-refractivity contribution in [1.82, 2.24) is 10.2 Å². The molecule has 3 aliphatic rings. The maximum atomic E-state index is 14.7. The number of aryl methyl sites for hydroxylation is 1. The summed E-state index contributed by atoms with van der Waals surface area (Å²) in [6.07, 6.45) is 12.5. The van der Waals surface area contributed by atoms with Gasteiger partial charge in [-0.1, -0.05) is 49.5 Å². The third-order valence-electron chi connectivity index (χ3n) is 8.58. The predicted octanol–water partition coefficient (Wildman–Crippen LogP) is 6.84. The highest BCUT2D eigenvalue weighted by atomic mass is 19.1. The first-order valence-electron chi connectivity index (χ1n) is 13.4. The molecule has 4 nitrogen and oxygen atoms in total. The molecule has 2 fully saturated rings. The summed E-state index contributed by atoms with van der Waals surface area (Å²) in [5.74, 6) is 0.593. The average Bonchev–Trinajstić information content (AvgIpc) is 3.51. The number of carbonyl (C=O) groups excluding carboxylic acids is 1. The smallest absolute Gasteiger partial charge is 0.240 e. The Morgan fingerprint density at radius 3 is 2.49 bits per heavy atom. The Hall–Kier alpha value is -2.95. The molecule has 1 aromatic heterocycles. The fourth-order valence-electron chi connectivity index (χ4n) is 6.69. The van der Waals surface area contributed by atoms with Gasteiger partial charge in [-0.15, -0.1) is 5.10 Å². The first-order valence-corrected chi connectivity index (χ1v) is 13.4. The molecule has 0 bridgehead atoms. The Morgan fingerprint density at radius 2 is 1.74 bits per heavy atom. The quantitative estimate of drug-likeness (QED) is 0.415. The van der Waals surface area contributed by atoms with Crippen LogP contribution in [0, 0.1) is 17.8 Å². The first kappa shape index (κ1) is 22.5. The molecule has 3 aromatic rings. The molecular formula is C30H34FN3O. The molecule has 1 saturated carbocycles. The van der Waals surface area contributed by atoms with E-state index in [4.69, 9.17) is 0 Å². The van der Waals surface area contributed by atoms with E-state index in [0.29, 0.717) is 5.39 Å². The second kappa shape index (κ2) is 9.60. The molecular weight excluding hydrogens is 437 g/mol. The number of rotatable bonds is 5. The van der Waals surface area contributed by atoms with Crippen molar-refractivity contribution in [2.24, 2.45) is 11.8 Å². The summed E-state index contributed by atoms with van der Waals surface area (Å²) in [6.45, 7) is 1.86. The number of allylic oxidation sites excluding steroid dienone is 1. The second-order valence-electron chi connectivity index (χ2n) is 10.7. The topological polar surface area (TPSA) is 49.0 Å². The van der Waals surface area contributed by atoms with Crippen LogP contribution in [-0.2, 0) is 11.2 Å². The van der Waals surface area contributed by atoms with Crippen molar-refractivity contribution in [3.63, 3.8) is 0 Å². The minimum Gasteiger partial charge on any atom is -0.371 e. The van der Waals surface area contributed by atoms with Crippen molar-refractivity contribution < 1.29 is 9.18 Å². The molecule has 2 aliphatic carbocycles. The lowest BCUT2D eigenvalue weighted by molar-refractivity contribution is -0.111. The molecule has 0 spiro atoms. The Balaban J connectivity index is 1.41. The number of halogens is 1. The third-order valence-corrected chi connectivity index (χ3v) is 8.58. The standard InChI is InChI=1S/C30H34FN3O/c31-30-29-25-7-3-6-23(18-20-4-1-2-5-20)28(26(25)12-13-27(29)32-33-30)22-8-10-24(11-9-22)34-16-14-21(19-35)15-17-34/h8-13,19-21H,1-7,14-18H2,(H,32,33). The van der Waals surface area contributed by atoms with Gasteiger partial charge in [0.25, 0.3) is 0 Å². The molecule has 1 saturated heterocycles. The van der Waals surface area contributed by atoms with Crippen molar-refractivity contribution in [3.05, 3.63) is 64.6 Å². The summed E-state index contributed by atoms with van der Waals surface area (Å²) in [6, 6.07) is 13.2. The number of H-pyrrole nitrogens is 1. The van der Waals surface area contributed by atoms with Crippen LogP contribution in [0.4, 0.5) is 10.1 Å². The molecule has 0 radical (unpaired) electrons. The van der Waals surface area contributed by atoms with Gasteiger partial charge in [0, 0.05) is 24.7 Å². The number of piperidine rings is 1. The first-order chi connectivity index (χ1) is 17.2. The van der Waals surface area contributed by atoms with E-state index in [1.807, 2.05) is 6.07 Å². The van der Waals surface area contributed by atoms with Crippen LogP contribution in [0.15, 0.2) is 42.0 Å². The molecule has 2 heterocycles. The van der Waals surface area contributed by atoms with Crippen LogP contribution in [0.2, 0.25) is 0 Å². The number of anilines is 1. The minimum atomic E-state index is -0.385. The Labute approximate surface area is 206 Å². The van der Waals surface area contributed by atoms with E-state index in [0.717, 1.165) is 74.9 Å². The van der Waals surface area contributed by atoms with E-state index in [1.165, 1.54) is 48.1 Å². The van der Waals surface area contributed by atoms with E-state index < -0.39 is 0 Å². The van der Waals surface area contributed by atoms with E-state index in [-0.39, 0.29) is 11.9 Å². The van der Waals surface area contributed by atoms with Gasteiger partial charge < -0.3 is 9.69 Å². The number of fused-ring (bicyclic) bond motifs is 3. The number of hydrogen-bond donors (Lipinski definition) is 1. The van der Waals surface area contributed by atoms with Crippen molar-refractivity contribution in [1.29, 1.82) is 0 Å². The van der Waals surface area contributed by atoms with Gasteiger partial charge in [-0.2, -0.15) is 4.39 Å². The molecule has 35 heavy (non-hydrogen) atoms. The maximum absolute atomic E-state index is 14.7. The monoisotopic (exact) mass is 471 g/mol. The summed E-state index contributed by atoms with van der Waals surface area (Å²) in [5.41, 5.74) is 8.38. The largest absolute Gasteiger partial charge is 0.371 e. The lowest BCUT2D eigenvalue weighted by Gasteiger charge is -2.31. The summed E-state index contributed by atoms with van der Waals surface area (Å²) in [5, 5.41) is 7.40. The van der Waals surface area contributed by atoms with Gasteiger partial charge in [0.1, 0.15) is 6.29 Å². The zero-order valence-electron chi connectivity index (χ0n) is 20.4. The molecule has 1 N–H and O–H groups in total. The highest BCUT2D eigenvalue weighted by Gasteiger charge is 2.26. The molecule has 0 atom stereocenters. The fourth-order valence-corrected chi connectivity index (χ4v) is 6.69. The van der Waals surface area contributed by atoms with Crippen LogP contribution >= 0.6 is 0 Å². The van der Waals surface area contributed by atoms with Crippen molar-refractivity contribution in [2.45, 2.75) is 64.2 Å². The average molecular weight is 472 g/mol. The lowest BCUT2D eigenvalue weighted by Crippen LogP contribution is -2.34. The van der Waals surface area contributed by atoms with E-state index in [9.17, 15) is 9.18 Å². The van der Waals surface area contributed by atoms with Crippen LogP contribution in [0.3, 0.4) is 0 Å². The highest BCUT2D eigenvalue weighted by molar-refractivity contribution is 5.93. The van der Waals surface area contributed by atoms with E-state index >= 15 is 0 Å². The number of aromatic nitrogens is 2.